The first-order chi connectivity index (χ1) is 9.77. The molecule has 0 amide bonds. The lowest BCUT2D eigenvalue weighted by atomic mass is 9.97. The van der Waals surface area contributed by atoms with Crippen molar-refractivity contribution in [2.45, 2.75) is 6.42 Å². The van der Waals surface area contributed by atoms with E-state index in [0.717, 1.165) is 16.7 Å². The first-order valence-electron chi connectivity index (χ1n) is 6.47. The van der Waals surface area contributed by atoms with Gasteiger partial charge in [-0.05, 0) is 16.7 Å². The highest BCUT2D eigenvalue weighted by Crippen LogP contribution is 2.23. The van der Waals surface area contributed by atoms with Crippen LogP contribution in [-0.4, -0.2) is 11.1 Å². The summed E-state index contributed by atoms with van der Waals surface area (Å²) in [5, 5.41) is 8.64. The Hall–Kier alpha value is -2.61. The lowest BCUT2D eigenvalue weighted by Crippen LogP contribution is -1.90. The van der Waals surface area contributed by atoms with Gasteiger partial charge in [0.15, 0.2) is 0 Å². The molecule has 2 aromatic carbocycles. The molecule has 0 aliphatic rings. The fourth-order valence-corrected chi connectivity index (χ4v) is 1.93. The molecule has 0 atom stereocenters. The summed E-state index contributed by atoms with van der Waals surface area (Å²) in [4.78, 5) is 10.5. The van der Waals surface area contributed by atoms with E-state index in [1.165, 1.54) is 0 Å². The maximum Gasteiger partial charge on any atom is 0.307 e. The fourth-order valence-electron chi connectivity index (χ4n) is 1.93. The quantitative estimate of drug-likeness (QED) is 0.824. The number of carboxylic acid groups (broad SMARTS) is 1. The van der Waals surface area contributed by atoms with Gasteiger partial charge in [-0.1, -0.05) is 78.9 Å². The Balaban J connectivity index is 2.33. The summed E-state index contributed by atoms with van der Waals surface area (Å²) in [6.45, 7) is 0. The highest BCUT2D eigenvalue weighted by molar-refractivity contribution is 5.80. The van der Waals surface area contributed by atoms with Crippen molar-refractivity contribution in [3.8, 4) is 0 Å². The summed E-state index contributed by atoms with van der Waals surface area (Å²) in [5.41, 5.74) is 3.30. The Morgan fingerprint density at radius 2 is 1.40 bits per heavy atom. The van der Waals surface area contributed by atoms with Gasteiger partial charge in [0.2, 0.25) is 0 Å². The molecule has 1 N–H and O–H groups in total. The Kier molecular flexibility index (Phi) is 4.90. The van der Waals surface area contributed by atoms with Crippen LogP contribution in [0.3, 0.4) is 0 Å². The molecule has 0 radical (unpaired) electrons. The summed E-state index contributed by atoms with van der Waals surface area (Å²) < 4.78 is 0. The zero-order valence-corrected chi connectivity index (χ0v) is 11.1. The van der Waals surface area contributed by atoms with Gasteiger partial charge in [0.25, 0.3) is 0 Å². The van der Waals surface area contributed by atoms with Crippen molar-refractivity contribution in [2.24, 2.45) is 0 Å². The highest BCUT2D eigenvalue weighted by atomic mass is 16.4. The van der Waals surface area contributed by atoms with Gasteiger partial charge in [0.05, 0.1) is 6.42 Å². The smallest absolute Gasteiger partial charge is 0.307 e. The summed E-state index contributed by atoms with van der Waals surface area (Å²) in [7, 11) is 0. The van der Waals surface area contributed by atoms with Crippen LogP contribution in [0.5, 0.6) is 0 Å². The maximum atomic E-state index is 10.5. The topological polar surface area (TPSA) is 37.3 Å². The third kappa shape index (κ3) is 3.95. The second-order valence-corrected chi connectivity index (χ2v) is 4.34. The minimum absolute atomic E-state index is 0.0351. The van der Waals surface area contributed by atoms with Crippen LogP contribution in [0.1, 0.15) is 17.5 Å². The van der Waals surface area contributed by atoms with Crippen LogP contribution in [0.25, 0.3) is 5.57 Å². The number of hydrogen-bond donors (Lipinski definition) is 1. The molecule has 0 heterocycles. The molecule has 0 unspecified atom stereocenters. The van der Waals surface area contributed by atoms with Crippen LogP contribution in [0.4, 0.5) is 0 Å². The van der Waals surface area contributed by atoms with Crippen molar-refractivity contribution < 1.29 is 9.90 Å². The Morgan fingerprint density at radius 3 is 1.85 bits per heavy atom. The van der Waals surface area contributed by atoms with E-state index in [9.17, 15) is 4.79 Å². The number of carboxylic acids is 1. The number of carbonyl (C=O) groups is 1. The van der Waals surface area contributed by atoms with Gasteiger partial charge in [-0.3, -0.25) is 4.79 Å². The van der Waals surface area contributed by atoms with Crippen molar-refractivity contribution in [3.05, 3.63) is 90.0 Å². The van der Waals surface area contributed by atoms with Crippen LogP contribution in [-0.2, 0) is 4.79 Å². The first-order valence-corrected chi connectivity index (χ1v) is 6.47. The lowest BCUT2D eigenvalue weighted by Gasteiger charge is -2.07. The highest BCUT2D eigenvalue weighted by Gasteiger charge is 2.02. The molecular formula is C18H16O2. The van der Waals surface area contributed by atoms with E-state index in [2.05, 4.69) is 0 Å². The Labute approximate surface area is 118 Å². The van der Waals surface area contributed by atoms with E-state index >= 15 is 0 Å². The normalized spacial score (nSPS) is 10.4. The molecule has 0 aliphatic heterocycles. The van der Waals surface area contributed by atoms with Gasteiger partial charge in [0.1, 0.15) is 0 Å². The number of aliphatic carboxylic acids is 1. The molecule has 0 bridgehead atoms. The van der Waals surface area contributed by atoms with Crippen molar-refractivity contribution in [1.82, 2.24) is 0 Å². The van der Waals surface area contributed by atoms with Crippen LogP contribution in [0.2, 0.25) is 0 Å². The summed E-state index contributed by atoms with van der Waals surface area (Å²) >= 11 is 0. The van der Waals surface area contributed by atoms with Crippen molar-refractivity contribution >= 4 is 11.5 Å². The molecule has 0 spiro atoms. The predicted molar refractivity (Wildman–Crippen MR) is 81.4 cm³/mol. The third-order valence-corrected chi connectivity index (χ3v) is 2.86. The maximum absolute atomic E-state index is 10.5. The zero-order valence-electron chi connectivity index (χ0n) is 11.1. The van der Waals surface area contributed by atoms with Crippen LogP contribution in [0.15, 0.2) is 78.9 Å². The first kappa shape index (κ1) is 13.8. The zero-order chi connectivity index (χ0) is 14.2. The molecule has 0 fully saturated rings. The largest absolute Gasteiger partial charge is 0.481 e. The van der Waals surface area contributed by atoms with Crippen molar-refractivity contribution in [1.29, 1.82) is 0 Å². The Bertz CT molecular complexity index is 569. The second kappa shape index (κ2) is 7.10. The molecule has 100 valence electrons. The second-order valence-electron chi connectivity index (χ2n) is 4.34. The third-order valence-electron chi connectivity index (χ3n) is 2.86. The van der Waals surface area contributed by atoms with E-state index < -0.39 is 5.97 Å². The van der Waals surface area contributed by atoms with Gasteiger partial charge in [0, 0.05) is 0 Å². The number of allylic oxidation sites excluding steroid dienone is 2. The lowest BCUT2D eigenvalue weighted by molar-refractivity contribution is -0.135. The molecule has 2 rings (SSSR count). The number of hydrogen-bond acceptors (Lipinski definition) is 1. The van der Waals surface area contributed by atoms with Gasteiger partial charge in [-0.25, -0.2) is 0 Å². The molecule has 0 aromatic heterocycles. The molecule has 0 saturated heterocycles. The number of rotatable bonds is 5. The van der Waals surface area contributed by atoms with E-state index in [-0.39, 0.29) is 6.42 Å². The van der Waals surface area contributed by atoms with Gasteiger partial charge in [-0.2, -0.15) is 0 Å². The average molecular weight is 264 g/mol. The molecular weight excluding hydrogens is 248 g/mol. The summed E-state index contributed by atoms with van der Waals surface area (Å²) in [6.07, 6.45) is 5.43. The summed E-state index contributed by atoms with van der Waals surface area (Å²) in [5.74, 6) is -0.823. The minimum Gasteiger partial charge on any atom is -0.481 e. The fraction of sp³-hybridized carbons (Fsp3) is 0.0556. The van der Waals surface area contributed by atoms with Gasteiger partial charge < -0.3 is 5.11 Å². The number of benzene rings is 2. The Morgan fingerprint density at radius 1 is 0.900 bits per heavy atom. The van der Waals surface area contributed by atoms with E-state index in [1.54, 1.807) is 12.2 Å². The molecule has 0 saturated carbocycles. The predicted octanol–water partition coefficient (Wildman–Crippen LogP) is 4.15. The molecule has 2 nitrogen and oxygen atoms in total. The molecule has 20 heavy (non-hydrogen) atoms. The monoisotopic (exact) mass is 264 g/mol. The van der Waals surface area contributed by atoms with Crippen molar-refractivity contribution in [2.75, 3.05) is 0 Å². The van der Waals surface area contributed by atoms with Gasteiger partial charge in [-0.15, -0.1) is 0 Å². The van der Waals surface area contributed by atoms with E-state index in [4.69, 9.17) is 5.11 Å². The standard InChI is InChI=1S/C18H16O2/c19-18(20)14-8-7-13-17(15-9-3-1-4-10-15)16-11-5-2-6-12-16/h1-13H,14H2,(H,19,20)/b8-7-. The van der Waals surface area contributed by atoms with Crippen molar-refractivity contribution in [3.63, 3.8) is 0 Å². The van der Waals surface area contributed by atoms with E-state index in [0.29, 0.717) is 0 Å². The van der Waals surface area contributed by atoms with Crippen LogP contribution < -0.4 is 0 Å². The summed E-state index contributed by atoms with van der Waals surface area (Å²) in [6, 6.07) is 20.1. The van der Waals surface area contributed by atoms with Crippen LogP contribution in [0, 0.1) is 0 Å². The molecule has 2 heteroatoms. The molecule has 2 aromatic rings. The van der Waals surface area contributed by atoms with E-state index in [1.807, 2.05) is 66.7 Å². The minimum atomic E-state index is -0.823. The average Bonchev–Trinajstić information content (AvgIpc) is 2.49. The van der Waals surface area contributed by atoms with Crippen LogP contribution >= 0.6 is 0 Å². The van der Waals surface area contributed by atoms with Gasteiger partial charge >= 0.3 is 5.97 Å². The molecule has 0 aliphatic carbocycles. The SMILES string of the molecule is O=C(O)C/C=C\C=C(c1ccccc1)c1ccccc1.